The van der Waals surface area contributed by atoms with E-state index in [0.29, 0.717) is 0 Å². The van der Waals surface area contributed by atoms with Gasteiger partial charge in [-0.2, -0.15) is 0 Å². The second kappa shape index (κ2) is 11.4. The van der Waals surface area contributed by atoms with Crippen LogP contribution in [0.3, 0.4) is 0 Å². The third kappa shape index (κ3) is 4.02. The summed E-state index contributed by atoms with van der Waals surface area (Å²) in [6.07, 6.45) is 10.9. The molecule has 5 aliphatic carbocycles. The van der Waals surface area contributed by atoms with Crippen LogP contribution in [0.1, 0.15) is 43.2 Å². The molecule has 10 aromatic rings. The summed E-state index contributed by atoms with van der Waals surface area (Å²) < 4.78 is 4.98. The van der Waals surface area contributed by atoms with Gasteiger partial charge < -0.3 is 9.13 Å². The van der Waals surface area contributed by atoms with Crippen molar-refractivity contribution in [2.45, 2.75) is 37.5 Å². The van der Waals surface area contributed by atoms with Gasteiger partial charge in [0.2, 0.25) is 0 Å². The van der Waals surface area contributed by atoms with Crippen molar-refractivity contribution in [1.29, 1.82) is 0 Å². The zero-order valence-electron chi connectivity index (χ0n) is 32.3. The molecule has 1 spiro atoms. The van der Waals surface area contributed by atoms with Gasteiger partial charge in [-0.05, 0) is 150 Å². The minimum atomic E-state index is 0.147. The molecule has 4 bridgehead atoms. The van der Waals surface area contributed by atoms with E-state index in [1.54, 1.807) is 11.1 Å². The van der Waals surface area contributed by atoms with Crippen LogP contribution in [0.15, 0.2) is 164 Å². The summed E-state index contributed by atoms with van der Waals surface area (Å²) >= 11 is 0. The fourth-order valence-electron chi connectivity index (χ4n) is 13.4. The van der Waals surface area contributed by atoms with E-state index < -0.39 is 0 Å². The van der Waals surface area contributed by atoms with Crippen molar-refractivity contribution in [1.82, 2.24) is 14.1 Å². The van der Waals surface area contributed by atoms with E-state index in [9.17, 15) is 0 Å². The smallest absolute Gasteiger partial charge is 0.0541 e. The first-order chi connectivity index (χ1) is 28.7. The molecule has 0 radical (unpaired) electrons. The van der Waals surface area contributed by atoms with Crippen molar-refractivity contribution in [3.63, 3.8) is 0 Å². The van der Waals surface area contributed by atoms with Crippen LogP contribution in [-0.4, -0.2) is 14.1 Å². The van der Waals surface area contributed by atoms with Crippen LogP contribution in [0, 0.1) is 23.7 Å². The molecule has 5 aliphatic rings. The van der Waals surface area contributed by atoms with Gasteiger partial charge in [-0.15, -0.1) is 0 Å². The van der Waals surface area contributed by atoms with Crippen LogP contribution in [0.25, 0.3) is 88.0 Å². The summed E-state index contributed by atoms with van der Waals surface area (Å²) in [6.45, 7) is 0. The number of hydrogen-bond donors (Lipinski definition) is 0. The van der Waals surface area contributed by atoms with Crippen LogP contribution in [0.2, 0.25) is 0 Å². The topological polar surface area (TPSA) is 22.8 Å². The molecule has 3 heteroatoms. The van der Waals surface area contributed by atoms with Gasteiger partial charge in [0.15, 0.2) is 0 Å². The monoisotopic (exact) mass is 743 g/mol. The number of benzene rings is 7. The van der Waals surface area contributed by atoms with Gasteiger partial charge >= 0.3 is 0 Å². The highest BCUT2D eigenvalue weighted by atomic mass is 15.0. The SMILES string of the molecule is c1ccc2c(c1)-c1ccc(-n3c4ccccc4c4cc(-c5ccc6c(c5)c5ccccc5n6-c5cccc6cnccc56)ccc43)cc1C21C2CC3CC(C2)CC1C3. The number of fused-ring (bicyclic) bond motifs is 10. The molecule has 4 fully saturated rings. The van der Waals surface area contributed by atoms with Crippen LogP contribution in [0.4, 0.5) is 0 Å². The number of hydrogen-bond acceptors (Lipinski definition) is 1. The normalized spacial score (nSPS) is 22.9. The zero-order valence-corrected chi connectivity index (χ0v) is 32.3. The van der Waals surface area contributed by atoms with Gasteiger partial charge in [0.1, 0.15) is 0 Å². The Labute approximate surface area is 337 Å². The molecule has 276 valence electrons. The Balaban J connectivity index is 0.939. The van der Waals surface area contributed by atoms with Crippen LogP contribution in [0.5, 0.6) is 0 Å². The Hall–Kier alpha value is -6.45. The minimum absolute atomic E-state index is 0.147. The molecule has 0 unspecified atom stereocenters. The van der Waals surface area contributed by atoms with Gasteiger partial charge in [0.05, 0.1) is 27.8 Å². The summed E-state index contributed by atoms with van der Waals surface area (Å²) in [5.74, 6) is 3.36. The van der Waals surface area contributed by atoms with Crippen molar-refractivity contribution in [3.8, 4) is 33.6 Å². The highest BCUT2D eigenvalue weighted by Crippen LogP contribution is 2.69. The minimum Gasteiger partial charge on any atom is -0.309 e. The average molecular weight is 744 g/mol. The van der Waals surface area contributed by atoms with Crippen LogP contribution in [-0.2, 0) is 5.41 Å². The van der Waals surface area contributed by atoms with Crippen molar-refractivity contribution in [2.24, 2.45) is 23.7 Å². The summed E-state index contributed by atoms with van der Waals surface area (Å²) in [7, 11) is 0. The maximum atomic E-state index is 4.41. The number of nitrogens with zero attached hydrogens (tertiary/aromatic N) is 3. The maximum absolute atomic E-state index is 4.41. The standard InChI is InChI=1S/C55H41N3/c1-4-12-48-42(9-1)43-19-18-40(31-49(43)55(48)38-25-33-24-34(27-38)28-39(55)26-33)57-51-13-5-2-10-44(51)46-29-35(16-20-53(46)57)36-17-21-54-47(30-36)45-11-3-6-14-52(45)58(54)50-15-7-8-37-32-56-23-22-41(37)50/h1-23,29-34,38-39H,24-28H2. The molecule has 0 saturated heterocycles. The number of para-hydroxylation sites is 2. The largest absolute Gasteiger partial charge is 0.309 e. The molecule has 3 heterocycles. The van der Waals surface area contributed by atoms with E-state index in [2.05, 4.69) is 166 Å². The first-order valence-electron chi connectivity index (χ1n) is 21.4. The highest BCUT2D eigenvalue weighted by Gasteiger charge is 2.61. The maximum Gasteiger partial charge on any atom is 0.0541 e. The lowest BCUT2D eigenvalue weighted by molar-refractivity contribution is -0.0399. The summed E-state index contributed by atoms with van der Waals surface area (Å²) in [6, 6.07) is 57.7. The van der Waals surface area contributed by atoms with E-state index in [0.717, 1.165) is 29.1 Å². The van der Waals surface area contributed by atoms with E-state index in [1.807, 2.05) is 12.4 Å². The van der Waals surface area contributed by atoms with Gasteiger partial charge in [-0.1, -0.05) is 91.0 Å². The lowest BCUT2D eigenvalue weighted by Crippen LogP contribution is -2.55. The molecule has 0 atom stereocenters. The van der Waals surface area contributed by atoms with Crippen molar-refractivity contribution in [3.05, 3.63) is 175 Å². The quantitative estimate of drug-likeness (QED) is 0.177. The molecular formula is C55H41N3. The molecule has 0 aliphatic heterocycles. The Morgan fingerprint density at radius 2 is 1.07 bits per heavy atom. The predicted octanol–water partition coefficient (Wildman–Crippen LogP) is 13.8. The van der Waals surface area contributed by atoms with Gasteiger partial charge in [-0.3, -0.25) is 4.98 Å². The first kappa shape index (κ1) is 31.6. The molecule has 3 aromatic heterocycles. The Kier molecular flexibility index (Phi) is 6.19. The number of pyridine rings is 1. The third-order valence-corrected chi connectivity index (χ3v) is 15.4. The molecule has 58 heavy (non-hydrogen) atoms. The van der Waals surface area contributed by atoms with E-state index in [1.165, 1.54) is 115 Å². The highest BCUT2D eigenvalue weighted by molar-refractivity contribution is 6.13. The third-order valence-electron chi connectivity index (χ3n) is 15.4. The Morgan fingerprint density at radius 1 is 0.448 bits per heavy atom. The molecule has 3 nitrogen and oxygen atoms in total. The van der Waals surface area contributed by atoms with Gasteiger partial charge in [0, 0.05) is 55.8 Å². The van der Waals surface area contributed by atoms with E-state index >= 15 is 0 Å². The van der Waals surface area contributed by atoms with Gasteiger partial charge in [0.25, 0.3) is 0 Å². The molecule has 7 aromatic carbocycles. The number of rotatable bonds is 3. The second-order valence-corrected chi connectivity index (χ2v) is 18.0. The zero-order chi connectivity index (χ0) is 37.7. The van der Waals surface area contributed by atoms with Crippen LogP contribution >= 0.6 is 0 Å². The molecule has 4 saturated carbocycles. The van der Waals surface area contributed by atoms with Gasteiger partial charge in [-0.25, -0.2) is 0 Å². The van der Waals surface area contributed by atoms with Crippen LogP contribution < -0.4 is 0 Å². The van der Waals surface area contributed by atoms with Crippen molar-refractivity contribution >= 4 is 54.4 Å². The Morgan fingerprint density at radius 3 is 1.81 bits per heavy atom. The molecule has 0 N–H and O–H groups in total. The summed E-state index contributed by atoms with van der Waals surface area (Å²) in [4.78, 5) is 4.41. The lowest BCUT2D eigenvalue weighted by atomic mass is 9.43. The average Bonchev–Trinajstić information content (AvgIpc) is 3.88. The molecule has 0 amide bonds. The summed E-state index contributed by atoms with van der Waals surface area (Å²) in [5.41, 5.74) is 16.2. The number of aromatic nitrogens is 3. The molecule has 15 rings (SSSR count). The van der Waals surface area contributed by atoms with E-state index in [-0.39, 0.29) is 5.41 Å². The van der Waals surface area contributed by atoms with Crippen molar-refractivity contribution < 1.29 is 0 Å². The van der Waals surface area contributed by atoms with Crippen molar-refractivity contribution in [2.75, 3.05) is 0 Å². The lowest BCUT2D eigenvalue weighted by Gasteiger charge is -2.61. The summed E-state index contributed by atoms with van der Waals surface area (Å²) in [5, 5.41) is 7.47. The van der Waals surface area contributed by atoms with E-state index in [4.69, 9.17) is 0 Å². The predicted molar refractivity (Wildman–Crippen MR) is 239 cm³/mol. The molecular weight excluding hydrogens is 703 g/mol. The second-order valence-electron chi connectivity index (χ2n) is 18.0. The fourth-order valence-corrected chi connectivity index (χ4v) is 13.4. The fraction of sp³-hybridized carbons (Fsp3) is 0.182. The Bertz CT molecular complexity index is 3340. The first-order valence-corrected chi connectivity index (χ1v) is 21.4.